The van der Waals surface area contributed by atoms with E-state index < -0.39 is 4.92 Å². The normalized spacial score (nSPS) is 11.4. The van der Waals surface area contributed by atoms with Crippen LogP contribution in [0.2, 0.25) is 0 Å². The monoisotopic (exact) mass is 518 g/mol. The number of halogens is 1. The van der Waals surface area contributed by atoms with Crippen molar-refractivity contribution in [1.82, 2.24) is 14.6 Å². The van der Waals surface area contributed by atoms with Crippen LogP contribution in [0.5, 0.6) is 0 Å². The van der Waals surface area contributed by atoms with Crippen molar-refractivity contribution in [2.45, 2.75) is 0 Å². The van der Waals surface area contributed by atoms with Crippen LogP contribution in [0.1, 0.15) is 5.56 Å². The maximum atomic E-state index is 13.0. The van der Waals surface area contributed by atoms with E-state index in [1.807, 2.05) is 19.0 Å². The van der Waals surface area contributed by atoms with Crippen molar-refractivity contribution in [3.05, 3.63) is 88.2 Å². The quantitative estimate of drug-likeness (QED) is 0.144. The molecular formula is C27H27FN6O4. The van der Waals surface area contributed by atoms with Gasteiger partial charge in [0.1, 0.15) is 17.0 Å². The molecule has 10 nitrogen and oxygen atoms in total. The SMILES string of the molecule is CN(C)CCN(C)c1cc2nc(-c3ccc(NC(=O)/C=C/c4ccc(F)cc4)cc3)n(O)c2cc1[N+](=O)[O-]. The zero-order valence-electron chi connectivity index (χ0n) is 21.1. The van der Waals surface area contributed by atoms with E-state index in [1.54, 1.807) is 60.5 Å². The van der Waals surface area contributed by atoms with E-state index in [2.05, 4.69) is 10.3 Å². The number of hydrogen-bond donors (Lipinski definition) is 2. The molecule has 0 saturated heterocycles. The van der Waals surface area contributed by atoms with Crippen LogP contribution in [0.15, 0.2) is 66.7 Å². The van der Waals surface area contributed by atoms with Gasteiger partial charge in [-0.2, -0.15) is 4.73 Å². The predicted octanol–water partition coefficient (Wildman–Crippen LogP) is 4.64. The van der Waals surface area contributed by atoms with Crippen LogP contribution in [0.3, 0.4) is 0 Å². The minimum Gasteiger partial charge on any atom is -0.426 e. The van der Waals surface area contributed by atoms with Gasteiger partial charge in [-0.05, 0) is 68.2 Å². The number of imidazole rings is 1. The summed E-state index contributed by atoms with van der Waals surface area (Å²) in [6.07, 6.45) is 2.91. The number of rotatable bonds is 9. The van der Waals surface area contributed by atoms with E-state index in [-0.39, 0.29) is 28.8 Å². The van der Waals surface area contributed by atoms with Gasteiger partial charge >= 0.3 is 0 Å². The molecule has 11 heteroatoms. The zero-order chi connectivity index (χ0) is 27.4. The number of benzene rings is 3. The number of nitro groups is 1. The molecule has 0 aliphatic carbocycles. The van der Waals surface area contributed by atoms with Gasteiger partial charge in [0, 0.05) is 43.5 Å². The summed E-state index contributed by atoms with van der Waals surface area (Å²) in [6, 6.07) is 15.3. The van der Waals surface area contributed by atoms with Gasteiger partial charge in [-0.1, -0.05) is 12.1 Å². The van der Waals surface area contributed by atoms with Crippen molar-refractivity contribution in [2.24, 2.45) is 0 Å². The van der Waals surface area contributed by atoms with E-state index in [1.165, 1.54) is 24.3 Å². The van der Waals surface area contributed by atoms with E-state index in [9.17, 15) is 24.5 Å². The largest absolute Gasteiger partial charge is 0.426 e. The maximum absolute atomic E-state index is 13.0. The maximum Gasteiger partial charge on any atom is 0.294 e. The van der Waals surface area contributed by atoms with Crippen LogP contribution in [0, 0.1) is 15.9 Å². The number of nitrogens with zero attached hydrogens (tertiary/aromatic N) is 5. The molecule has 0 fully saturated rings. The van der Waals surface area contributed by atoms with Crippen molar-refractivity contribution in [3.63, 3.8) is 0 Å². The predicted molar refractivity (Wildman–Crippen MR) is 145 cm³/mol. The number of carbonyl (C=O) groups is 1. The fourth-order valence-electron chi connectivity index (χ4n) is 3.83. The molecule has 0 radical (unpaired) electrons. The lowest BCUT2D eigenvalue weighted by Gasteiger charge is -2.21. The number of nitro benzene ring substituents is 1. The summed E-state index contributed by atoms with van der Waals surface area (Å²) in [6.45, 7) is 1.27. The molecule has 3 aromatic carbocycles. The van der Waals surface area contributed by atoms with Crippen molar-refractivity contribution in [2.75, 3.05) is 44.4 Å². The molecule has 0 aliphatic heterocycles. The first-order valence-electron chi connectivity index (χ1n) is 11.7. The Morgan fingerprint density at radius 2 is 1.79 bits per heavy atom. The average molecular weight is 519 g/mol. The molecule has 1 amide bonds. The Labute approximate surface area is 218 Å². The van der Waals surface area contributed by atoms with E-state index >= 15 is 0 Å². The molecule has 196 valence electrons. The van der Waals surface area contributed by atoms with Crippen LogP contribution in [-0.2, 0) is 4.79 Å². The molecule has 38 heavy (non-hydrogen) atoms. The molecule has 0 unspecified atom stereocenters. The van der Waals surface area contributed by atoms with Gasteiger partial charge in [0.25, 0.3) is 5.69 Å². The van der Waals surface area contributed by atoms with Crippen molar-refractivity contribution in [3.8, 4) is 11.4 Å². The third-order valence-corrected chi connectivity index (χ3v) is 5.93. The van der Waals surface area contributed by atoms with Crippen molar-refractivity contribution >= 4 is 40.1 Å². The molecule has 2 N–H and O–H groups in total. The summed E-state index contributed by atoms with van der Waals surface area (Å²) >= 11 is 0. The molecule has 0 atom stereocenters. The molecular weight excluding hydrogens is 491 g/mol. The number of hydrogen-bond acceptors (Lipinski definition) is 7. The van der Waals surface area contributed by atoms with Gasteiger partial charge in [0.2, 0.25) is 5.91 Å². The number of carbonyl (C=O) groups excluding carboxylic acids is 1. The number of amides is 1. The number of aromatic nitrogens is 2. The Morgan fingerprint density at radius 1 is 1.11 bits per heavy atom. The van der Waals surface area contributed by atoms with E-state index in [4.69, 9.17) is 0 Å². The van der Waals surface area contributed by atoms with E-state index in [0.717, 1.165) is 4.73 Å². The van der Waals surface area contributed by atoms with Crippen LogP contribution >= 0.6 is 0 Å². The first kappa shape index (κ1) is 26.3. The van der Waals surface area contributed by atoms with Gasteiger partial charge in [-0.3, -0.25) is 14.9 Å². The lowest BCUT2D eigenvalue weighted by molar-refractivity contribution is -0.384. The first-order chi connectivity index (χ1) is 18.1. The highest BCUT2D eigenvalue weighted by Crippen LogP contribution is 2.34. The standard InChI is InChI=1S/C27H27FN6O4/c1-31(2)14-15-32(3)24-16-22-23(17-25(24)34(37)38)33(36)27(30-22)19-7-11-21(12-8-19)29-26(35)13-6-18-4-9-20(28)10-5-18/h4-13,16-17,36H,14-15H2,1-3H3,(H,29,35)/b13-6+. The third-order valence-electron chi connectivity index (χ3n) is 5.93. The summed E-state index contributed by atoms with van der Waals surface area (Å²) < 4.78 is 13.8. The number of fused-ring (bicyclic) bond motifs is 1. The molecule has 0 spiro atoms. The van der Waals surface area contributed by atoms with Crippen LogP contribution in [-0.4, -0.2) is 64.9 Å². The lowest BCUT2D eigenvalue weighted by Crippen LogP contribution is -2.28. The summed E-state index contributed by atoms with van der Waals surface area (Å²) in [4.78, 5) is 31.8. The van der Waals surface area contributed by atoms with Crippen LogP contribution < -0.4 is 10.2 Å². The van der Waals surface area contributed by atoms with Crippen molar-refractivity contribution in [1.29, 1.82) is 0 Å². The highest BCUT2D eigenvalue weighted by Gasteiger charge is 2.23. The molecule has 0 bridgehead atoms. The Morgan fingerprint density at radius 3 is 2.42 bits per heavy atom. The Kier molecular flexibility index (Phi) is 7.68. The minimum atomic E-state index is -0.477. The molecule has 4 rings (SSSR count). The number of anilines is 2. The first-order valence-corrected chi connectivity index (χ1v) is 11.7. The van der Waals surface area contributed by atoms with Crippen LogP contribution in [0.25, 0.3) is 28.5 Å². The molecule has 1 aromatic heterocycles. The fourth-order valence-corrected chi connectivity index (χ4v) is 3.83. The zero-order valence-corrected chi connectivity index (χ0v) is 21.1. The fraction of sp³-hybridized carbons (Fsp3) is 0.185. The smallest absolute Gasteiger partial charge is 0.294 e. The van der Waals surface area contributed by atoms with Gasteiger partial charge in [-0.15, -0.1) is 0 Å². The minimum absolute atomic E-state index is 0.132. The summed E-state index contributed by atoms with van der Waals surface area (Å²) in [5, 5.41) is 25.3. The summed E-state index contributed by atoms with van der Waals surface area (Å²) in [5.74, 6) is -0.514. The number of nitrogens with one attached hydrogen (secondary N) is 1. The third kappa shape index (κ3) is 5.95. The second kappa shape index (κ2) is 11.1. The second-order valence-corrected chi connectivity index (χ2v) is 9.01. The molecule has 4 aromatic rings. The average Bonchev–Trinajstić information content (AvgIpc) is 3.22. The van der Waals surface area contributed by atoms with Gasteiger partial charge in [-0.25, -0.2) is 9.37 Å². The van der Waals surface area contributed by atoms with Gasteiger partial charge < -0.3 is 20.3 Å². The lowest BCUT2D eigenvalue weighted by atomic mass is 10.2. The number of likely N-dealkylation sites (N-methyl/N-ethyl adjacent to an activating group) is 2. The van der Waals surface area contributed by atoms with Gasteiger partial charge in [0.05, 0.1) is 10.4 Å². The Hall–Kier alpha value is -4.77. The highest BCUT2D eigenvalue weighted by atomic mass is 19.1. The second-order valence-electron chi connectivity index (χ2n) is 9.01. The van der Waals surface area contributed by atoms with Crippen LogP contribution in [0.4, 0.5) is 21.5 Å². The van der Waals surface area contributed by atoms with E-state index in [0.29, 0.717) is 41.1 Å². The highest BCUT2D eigenvalue weighted by molar-refractivity contribution is 6.02. The summed E-state index contributed by atoms with van der Waals surface area (Å²) in [7, 11) is 5.62. The summed E-state index contributed by atoms with van der Waals surface area (Å²) in [5.41, 5.74) is 2.64. The molecule has 0 saturated carbocycles. The topological polar surface area (TPSA) is 117 Å². The van der Waals surface area contributed by atoms with Gasteiger partial charge in [0.15, 0.2) is 5.82 Å². The molecule has 0 aliphatic rings. The Balaban J connectivity index is 1.55. The Bertz CT molecular complexity index is 1500. The molecule has 1 heterocycles. The van der Waals surface area contributed by atoms with Crippen molar-refractivity contribution < 1.29 is 19.3 Å².